The van der Waals surface area contributed by atoms with Crippen LogP contribution in [-0.4, -0.2) is 33.4 Å². The number of carboxylic acids is 2. The molecule has 0 fully saturated rings. The predicted octanol–water partition coefficient (Wildman–Crippen LogP) is 0.652. The van der Waals surface area contributed by atoms with Gasteiger partial charge in [0.05, 0.1) is 6.42 Å². The molecule has 0 aromatic carbocycles. The molecule has 5 nitrogen and oxygen atoms in total. The van der Waals surface area contributed by atoms with Gasteiger partial charge in [-0.1, -0.05) is 64.7 Å². The van der Waals surface area contributed by atoms with E-state index in [1.807, 2.05) is 0 Å². The molecule has 1 atom stereocenters. The number of unbranched alkanes of at least 4 members (excludes halogenated alkanes) is 9. The van der Waals surface area contributed by atoms with Crippen molar-refractivity contribution in [3.8, 4) is 0 Å². The molecule has 0 amide bonds. The summed E-state index contributed by atoms with van der Waals surface area (Å²) in [6.07, 6.45) is 11.3. The van der Waals surface area contributed by atoms with Crippen LogP contribution in [0, 0.1) is 6.92 Å². The SMILES string of the molecule is O=C(O)CC(O)C(=O)O.[CH2-]CCCCCCCCCCC.[Na+]. The minimum atomic E-state index is -1.79. The summed E-state index contributed by atoms with van der Waals surface area (Å²) in [5, 5.41) is 24.1. The molecule has 0 bridgehead atoms. The van der Waals surface area contributed by atoms with Crippen molar-refractivity contribution >= 4 is 11.9 Å². The van der Waals surface area contributed by atoms with Gasteiger partial charge in [-0.3, -0.25) is 4.79 Å². The van der Waals surface area contributed by atoms with E-state index in [2.05, 4.69) is 13.8 Å². The standard InChI is InChI=1S/C12H25.C4H6O5.Na/c1-3-5-7-9-11-12-10-8-6-4-2;5-2(4(8)9)1-3(6)7;/h1,3-12H2,2H3;2,5H,1H2,(H,6,7)(H,8,9);/q-1;;+1. The summed E-state index contributed by atoms with van der Waals surface area (Å²) in [4.78, 5) is 19.4. The summed E-state index contributed by atoms with van der Waals surface area (Å²) < 4.78 is 0. The zero-order chi connectivity index (χ0) is 16.5. The molecule has 0 aromatic heterocycles. The molecule has 126 valence electrons. The zero-order valence-corrected chi connectivity index (χ0v) is 16.2. The third-order valence-corrected chi connectivity index (χ3v) is 3.01. The van der Waals surface area contributed by atoms with E-state index >= 15 is 0 Å². The molecular weight excluding hydrogens is 295 g/mol. The van der Waals surface area contributed by atoms with Gasteiger partial charge < -0.3 is 22.2 Å². The van der Waals surface area contributed by atoms with Gasteiger partial charge in [0, 0.05) is 0 Å². The van der Waals surface area contributed by atoms with Gasteiger partial charge in [0.25, 0.3) is 0 Å². The molecule has 0 saturated heterocycles. The van der Waals surface area contributed by atoms with Crippen LogP contribution in [0.4, 0.5) is 0 Å². The maximum Gasteiger partial charge on any atom is 1.00 e. The molecule has 0 rings (SSSR count). The van der Waals surface area contributed by atoms with Gasteiger partial charge in [-0.25, -0.2) is 4.79 Å². The first kappa shape index (κ1) is 26.8. The fourth-order valence-electron chi connectivity index (χ4n) is 1.74. The molecule has 0 radical (unpaired) electrons. The third kappa shape index (κ3) is 24.9. The van der Waals surface area contributed by atoms with Crippen LogP contribution in [0.3, 0.4) is 0 Å². The number of hydrogen-bond donors (Lipinski definition) is 3. The average Bonchev–Trinajstić information content (AvgIpc) is 2.42. The summed E-state index contributed by atoms with van der Waals surface area (Å²) in [6.45, 7) is 6.12. The molecule has 0 aliphatic heterocycles. The topological polar surface area (TPSA) is 94.8 Å². The van der Waals surface area contributed by atoms with E-state index in [1.165, 1.54) is 57.8 Å². The van der Waals surface area contributed by atoms with Gasteiger partial charge in [0.1, 0.15) is 0 Å². The number of hydrogen-bond acceptors (Lipinski definition) is 3. The Morgan fingerprint density at radius 1 is 0.909 bits per heavy atom. The number of aliphatic hydroxyl groups is 1. The van der Waals surface area contributed by atoms with Crippen molar-refractivity contribution in [2.24, 2.45) is 0 Å². The number of carboxylic acid groups (broad SMARTS) is 2. The van der Waals surface area contributed by atoms with E-state index in [9.17, 15) is 9.59 Å². The van der Waals surface area contributed by atoms with E-state index in [0.717, 1.165) is 6.42 Å². The Balaban J connectivity index is -0.000000326. The van der Waals surface area contributed by atoms with Crippen molar-refractivity contribution in [2.75, 3.05) is 0 Å². The first-order valence-electron chi connectivity index (χ1n) is 7.87. The Hall–Kier alpha value is -0.100. The van der Waals surface area contributed by atoms with Crippen LogP contribution in [0.1, 0.15) is 77.6 Å². The Bertz CT molecular complexity index is 249. The van der Waals surface area contributed by atoms with Crippen molar-refractivity contribution < 1.29 is 54.5 Å². The second kappa shape index (κ2) is 20.9. The summed E-state index contributed by atoms with van der Waals surface area (Å²) in [7, 11) is 0. The third-order valence-electron chi connectivity index (χ3n) is 3.01. The molecule has 0 saturated carbocycles. The van der Waals surface area contributed by atoms with Gasteiger partial charge in [-0.2, -0.15) is 6.42 Å². The van der Waals surface area contributed by atoms with Gasteiger partial charge in [-0.15, -0.1) is 0 Å². The summed E-state index contributed by atoms with van der Waals surface area (Å²) in [5.41, 5.74) is 0. The zero-order valence-electron chi connectivity index (χ0n) is 14.2. The average molecular weight is 326 g/mol. The fourth-order valence-corrected chi connectivity index (χ4v) is 1.74. The molecule has 0 aromatic rings. The first-order chi connectivity index (χ1) is 9.95. The number of aliphatic hydroxyl groups excluding tert-OH is 1. The largest absolute Gasteiger partial charge is 1.00 e. The minimum absolute atomic E-state index is 0. The molecule has 0 aliphatic rings. The van der Waals surface area contributed by atoms with E-state index in [0.29, 0.717) is 0 Å². The second-order valence-electron chi connectivity index (χ2n) is 5.13. The number of carbonyl (C=O) groups is 2. The van der Waals surface area contributed by atoms with Gasteiger partial charge in [-0.05, 0) is 0 Å². The van der Waals surface area contributed by atoms with Crippen molar-refractivity contribution in [2.45, 2.75) is 83.7 Å². The Labute approximate surface area is 156 Å². The Morgan fingerprint density at radius 2 is 1.32 bits per heavy atom. The van der Waals surface area contributed by atoms with E-state index in [1.54, 1.807) is 0 Å². The van der Waals surface area contributed by atoms with Crippen LogP contribution in [0.15, 0.2) is 0 Å². The minimum Gasteiger partial charge on any atom is -0.481 e. The molecule has 6 heteroatoms. The van der Waals surface area contributed by atoms with Crippen molar-refractivity contribution in [3.05, 3.63) is 6.92 Å². The normalized spacial score (nSPS) is 10.9. The van der Waals surface area contributed by atoms with Crippen molar-refractivity contribution in [3.63, 3.8) is 0 Å². The van der Waals surface area contributed by atoms with E-state index in [4.69, 9.17) is 15.3 Å². The monoisotopic (exact) mass is 326 g/mol. The van der Waals surface area contributed by atoms with E-state index < -0.39 is 24.5 Å². The molecule has 1 unspecified atom stereocenters. The molecule has 0 heterocycles. The summed E-state index contributed by atoms with van der Waals surface area (Å²) in [6, 6.07) is 0. The predicted molar refractivity (Wildman–Crippen MR) is 83.1 cm³/mol. The molecule has 22 heavy (non-hydrogen) atoms. The van der Waals surface area contributed by atoms with Crippen LogP contribution in [0.5, 0.6) is 0 Å². The van der Waals surface area contributed by atoms with Gasteiger partial charge >= 0.3 is 41.5 Å². The second-order valence-corrected chi connectivity index (χ2v) is 5.13. The molecular formula is C16H31NaO5. The smallest absolute Gasteiger partial charge is 0.481 e. The Morgan fingerprint density at radius 3 is 1.59 bits per heavy atom. The van der Waals surface area contributed by atoms with Gasteiger partial charge in [0.15, 0.2) is 6.10 Å². The fraction of sp³-hybridized carbons (Fsp3) is 0.812. The van der Waals surface area contributed by atoms with Crippen LogP contribution in [0.2, 0.25) is 0 Å². The van der Waals surface area contributed by atoms with Crippen molar-refractivity contribution in [1.82, 2.24) is 0 Å². The van der Waals surface area contributed by atoms with Crippen LogP contribution < -0.4 is 29.6 Å². The first-order valence-corrected chi connectivity index (χ1v) is 7.87. The number of rotatable bonds is 12. The quantitative estimate of drug-likeness (QED) is 0.278. The molecule has 0 spiro atoms. The summed E-state index contributed by atoms with van der Waals surface area (Å²) in [5.74, 6) is -2.85. The van der Waals surface area contributed by atoms with E-state index in [-0.39, 0.29) is 29.6 Å². The maximum atomic E-state index is 9.72. The van der Waals surface area contributed by atoms with Crippen LogP contribution in [0.25, 0.3) is 0 Å². The molecule has 0 aliphatic carbocycles. The van der Waals surface area contributed by atoms with Crippen LogP contribution in [-0.2, 0) is 9.59 Å². The molecule has 3 N–H and O–H groups in total. The van der Waals surface area contributed by atoms with Crippen molar-refractivity contribution in [1.29, 1.82) is 0 Å². The summed E-state index contributed by atoms with van der Waals surface area (Å²) >= 11 is 0. The Kier molecular flexibility index (Phi) is 25.4. The van der Waals surface area contributed by atoms with Crippen LogP contribution >= 0.6 is 0 Å². The maximum absolute atomic E-state index is 9.72. The number of aliphatic carboxylic acids is 2. The van der Waals surface area contributed by atoms with Gasteiger partial charge in [0.2, 0.25) is 0 Å².